The third-order valence-electron chi connectivity index (χ3n) is 10.3. The van der Waals surface area contributed by atoms with Gasteiger partial charge in [0.15, 0.2) is 5.78 Å². The number of carbonyl (C=O) groups is 3. The average molecular weight is 643 g/mol. The molecular weight excluding hydrogens is 600 g/mol. The molecular formula is C35H42Cl2FN3O3. The molecule has 2 amide bonds. The predicted molar refractivity (Wildman–Crippen MR) is 172 cm³/mol. The molecule has 0 unspecified atom stereocenters. The number of carbonyl (C=O) groups excluding carboxylic acids is 3. The van der Waals surface area contributed by atoms with Crippen molar-refractivity contribution in [3.05, 3.63) is 63.4 Å². The van der Waals surface area contributed by atoms with Gasteiger partial charge in [0.25, 0.3) is 0 Å². The summed E-state index contributed by atoms with van der Waals surface area (Å²) in [6, 6.07) is 8.80. The van der Waals surface area contributed by atoms with E-state index < -0.39 is 29.2 Å². The van der Waals surface area contributed by atoms with Crippen molar-refractivity contribution >= 4 is 46.5 Å². The van der Waals surface area contributed by atoms with E-state index in [1.165, 1.54) is 25.3 Å². The minimum atomic E-state index is -1.26. The summed E-state index contributed by atoms with van der Waals surface area (Å²) in [5.41, 5.74) is 0.0606. The maximum absolute atomic E-state index is 16.0. The van der Waals surface area contributed by atoms with Gasteiger partial charge < -0.3 is 15.5 Å². The number of ketones is 1. The zero-order chi connectivity index (χ0) is 31.4. The second kappa shape index (κ2) is 12.0. The molecule has 0 aromatic heterocycles. The number of hydrogen-bond donors (Lipinski definition) is 2. The van der Waals surface area contributed by atoms with E-state index in [2.05, 4.69) is 31.4 Å². The van der Waals surface area contributed by atoms with Gasteiger partial charge in [-0.1, -0.05) is 81.4 Å². The summed E-state index contributed by atoms with van der Waals surface area (Å²) < 4.78 is 16.0. The molecule has 3 fully saturated rings. The van der Waals surface area contributed by atoms with E-state index >= 15 is 4.39 Å². The highest BCUT2D eigenvalue weighted by Gasteiger charge is 2.66. The van der Waals surface area contributed by atoms with Gasteiger partial charge in [0.05, 0.1) is 11.1 Å². The quantitative estimate of drug-likeness (QED) is 0.333. The van der Waals surface area contributed by atoms with Gasteiger partial charge in [0, 0.05) is 54.5 Å². The summed E-state index contributed by atoms with van der Waals surface area (Å²) in [6.45, 7) is 7.39. The minimum Gasteiger partial charge on any atom is -0.342 e. The molecule has 2 aromatic rings. The molecule has 9 heteroatoms. The second-order valence-electron chi connectivity index (χ2n) is 14.6. The van der Waals surface area contributed by atoms with Gasteiger partial charge in [0.2, 0.25) is 11.8 Å². The number of Topliss-reactive ketones (excluding diaryl/α,β-unsaturated/α-hetero) is 1. The summed E-state index contributed by atoms with van der Waals surface area (Å²) in [7, 11) is 0. The van der Waals surface area contributed by atoms with Crippen LogP contribution < -0.4 is 10.6 Å². The van der Waals surface area contributed by atoms with Gasteiger partial charge >= 0.3 is 0 Å². The molecule has 3 heterocycles. The fraction of sp³-hybridized carbons (Fsp3) is 0.571. The van der Waals surface area contributed by atoms with Gasteiger partial charge in [-0.05, 0) is 59.9 Å². The van der Waals surface area contributed by atoms with E-state index in [0.29, 0.717) is 48.1 Å². The molecule has 1 spiro atoms. The fourth-order valence-corrected chi connectivity index (χ4v) is 8.64. The zero-order valence-corrected chi connectivity index (χ0v) is 27.2. The summed E-state index contributed by atoms with van der Waals surface area (Å²) in [5.74, 6) is -1.13. The number of nitrogens with one attached hydrogen (secondary N) is 2. The molecule has 2 saturated heterocycles. The molecule has 44 heavy (non-hydrogen) atoms. The lowest BCUT2D eigenvalue weighted by Gasteiger charge is -2.41. The van der Waals surface area contributed by atoms with Crippen molar-refractivity contribution in [3.63, 3.8) is 0 Å². The van der Waals surface area contributed by atoms with Crippen LogP contribution in [-0.4, -0.2) is 47.7 Å². The zero-order valence-electron chi connectivity index (χ0n) is 25.7. The van der Waals surface area contributed by atoms with Crippen molar-refractivity contribution in [2.24, 2.45) is 17.3 Å². The first-order valence-electron chi connectivity index (χ1n) is 16.0. The van der Waals surface area contributed by atoms with Crippen LogP contribution in [0.3, 0.4) is 0 Å². The van der Waals surface area contributed by atoms with Crippen molar-refractivity contribution in [3.8, 4) is 0 Å². The van der Waals surface area contributed by atoms with Gasteiger partial charge in [0.1, 0.15) is 11.2 Å². The average Bonchev–Trinajstić information content (AvgIpc) is 3.41. The normalized spacial score (nSPS) is 27.4. The Kier molecular flexibility index (Phi) is 8.61. The molecule has 6 rings (SSSR count). The third-order valence-corrected chi connectivity index (χ3v) is 10.8. The number of halogens is 3. The summed E-state index contributed by atoms with van der Waals surface area (Å²) in [4.78, 5) is 43.4. The molecule has 236 valence electrons. The van der Waals surface area contributed by atoms with E-state index in [4.69, 9.17) is 23.2 Å². The van der Waals surface area contributed by atoms with E-state index in [-0.39, 0.29) is 45.9 Å². The molecule has 1 aliphatic carbocycles. The standard InChI is InChI=1S/C35H42Cl2FN3O3/c1-34(2,3)17-28-35(24-13-12-22(36)16-26(24)39-33(35)44)30(23-10-7-11-25(37)31(23)38)32(40-28)27(42)14-21-18-41(19-21)29(43)15-20-8-5-4-6-9-20/h7,10-13,16,20-21,28,30,32,40H,4-6,8-9,14-15,17-19H2,1-3H3,(H,39,44)/t28-,30+,32+,35+/m1/s1. The van der Waals surface area contributed by atoms with Crippen LogP contribution in [0, 0.1) is 23.1 Å². The van der Waals surface area contributed by atoms with Gasteiger partial charge in [-0.2, -0.15) is 0 Å². The van der Waals surface area contributed by atoms with E-state index in [1.54, 1.807) is 24.3 Å². The van der Waals surface area contributed by atoms with Crippen LogP contribution in [0.5, 0.6) is 0 Å². The maximum Gasteiger partial charge on any atom is 0.237 e. The lowest BCUT2D eigenvalue weighted by atomic mass is 9.62. The van der Waals surface area contributed by atoms with Crippen LogP contribution in [0.15, 0.2) is 36.4 Å². The summed E-state index contributed by atoms with van der Waals surface area (Å²) >= 11 is 12.6. The number of hydrogen-bond acceptors (Lipinski definition) is 4. The highest BCUT2D eigenvalue weighted by Crippen LogP contribution is 2.57. The Bertz CT molecular complexity index is 1460. The number of amides is 2. The number of nitrogens with zero attached hydrogens (tertiary/aromatic N) is 1. The molecule has 3 aliphatic heterocycles. The van der Waals surface area contributed by atoms with Crippen LogP contribution in [0.2, 0.25) is 10.0 Å². The first kappa shape index (κ1) is 31.5. The molecule has 1 saturated carbocycles. The van der Waals surface area contributed by atoms with Gasteiger partial charge in [-0.25, -0.2) is 4.39 Å². The van der Waals surface area contributed by atoms with E-state index in [0.717, 1.165) is 12.8 Å². The number of benzene rings is 2. The smallest absolute Gasteiger partial charge is 0.237 e. The largest absolute Gasteiger partial charge is 0.342 e. The molecule has 2 N–H and O–H groups in total. The SMILES string of the molecule is CC(C)(C)C[C@H]1N[C@@H](C(=O)CC2CN(C(=O)CC3CCCCC3)C2)[C@H](c2cccc(Cl)c2F)[C@@]12C(=O)Nc1cc(Cl)ccc12. The van der Waals surface area contributed by atoms with Crippen LogP contribution in [-0.2, 0) is 19.8 Å². The topological polar surface area (TPSA) is 78.5 Å². The Morgan fingerprint density at radius 2 is 1.75 bits per heavy atom. The lowest BCUT2D eigenvalue weighted by Crippen LogP contribution is -2.52. The molecule has 6 nitrogen and oxygen atoms in total. The molecule has 0 bridgehead atoms. The van der Waals surface area contributed by atoms with Crippen molar-refractivity contribution < 1.29 is 18.8 Å². The lowest BCUT2D eigenvalue weighted by molar-refractivity contribution is -0.140. The number of likely N-dealkylation sites (tertiary alicyclic amines) is 1. The number of fused-ring (bicyclic) bond motifs is 2. The second-order valence-corrected chi connectivity index (χ2v) is 15.5. The minimum absolute atomic E-state index is 0.0329. The van der Waals surface area contributed by atoms with Crippen LogP contribution in [0.1, 0.15) is 89.2 Å². The fourth-order valence-electron chi connectivity index (χ4n) is 8.29. The molecule has 4 aliphatic rings. The van der Waals surface area contributed by atoms with Gasteiger partial charge in [-0.3, -0.25) is 14.4 Å². The van der Waals surface area contributed by atoms with Crippen LogP contribution in [0.4, 0.5) is 10.1 Å². The Morgan fingerprint density at radius 3 is 2.45 bits per heavy atom. The van der Waals surface area contributed by atoms with Crippen molar-refractivity contribution in [1.29, 1.82) is 0 Å². The molecule has 4 atom stereocenters. The Morgan fingerprint density at radius 1 is 1.02 bits per heavy atom. The first-order chi connectivity index (χ1) is 20.9. The Labute approximate surface area is 269 Å². The third kappa shape index (κ3) is 5.69. The van der Waals surface area contributed by atoms with E-state index in [1.807, 2.05) is 11.0 Å². The van der Waals surface area contributed by atoms with Crippen molar-refractivity contribution in [2.75, 3.05) is 18.4 Å². The van der Waals surface area contributed by atoms with Crippen molar-refractivity contribution in [2.45, 2.75) is 95.6 Å². The monoisotopic (exact) mass is 641 g/mol. The van der Waals surface area contributed by atoms with E-state index in [9.17, 15) is 14.4 Å². The Balaban J connectivity index is 1.31. The molecule has 0 radical (unpaired) electrons. The maximum atomic E-state index is 16.0. The van der Waals surface area contributed by atoms with Crippen molar-refractivity contribution in [1.82, 2.24) is 10.2 Å². The Hall–Kier alpha value is -2.48. The number of anilines is 1. The highest BCUT2D eigenvalue weighted by atomic mass is 35.5. The summed E-state index contributed by atoms with van der Waals surface area (Å²) in [5, 5.41) is 7.01. The first-order valence-corrected chi connectivity index (χ1v) is 16.8. The van der Waals surface area contributed by atoms with Crippen LogP contribution >= 0.6 is 23.2 Å². The predicted octanol–water partition coefficient (Wildman–Crippen LogP) is 7.27. The number of rotatable bonds is 7. The van der Waals surface area contributed by atoms with Gasteiger partial charge in [-0.15, -0.1) is 0 Å². The highest BCUT2D eigenvalue weighted by molar-refractivity contribution is 6.31. The van der Waals surface area contributed by atoms with Crippen LogP contribution in [0.25, 0.3) is 0 Å². The summed E-state index contributed by atoms with van der Waals surface area (Å²) in [6.07, 6.45) is 7.31. The molecule has 2 aromatic carbocycles.